The Morgan fingerprint density at radius 3 is 2.60 bits per heavy atom. The molecule has 0 bridgehead atoms. The predicted molar refractivity (Wildman–Crippen MR) is 37.7 cm³/mol. The van der Waals surface area contributed by atoms with E-state index in [2.05, 4.69) is 5.32 Å². The molecule has 1 fully saturated rings. The van der Waals surface area contributed by atoms with Crippen LogP contribution in [0.4, 0.5) is 0 Å². The predicted octanol–water partition coefficient (Wildman–Crippen LogP) is -0.402. The number of piperazine rings is 1. The zero-order valence-electron chi connectivity index (χ0n) is 6.16. The molecule has 0 aromatic heterocycles. The maximum absolute atomic E-state index is 9.14. The molecule has 1 atom stereocenters. The maximum atomic E-state index is 9.14. The summed E-state index contributed by atoms with van der Waals surface area (Å²) in [6.45, 7) is 3.21. The molecule has 0 spiro atoms. The fourth-order valence-corrected chi connectivity index (χ4v) is 0.992. The summed E-state index contributed by atoms with van der Waals surface area (Å²) in [6, 6.07) is 0. The summed E-state index contributed by atoms with van der Waals surface area (Å²) >= 11 is 0. The second kappa shape index (κ2) is 3.88. The highest BCUT2D eigenvalue weighted by molar-refractivity contribution is 4.87. The molecule has 1 unspecified atom stereocenters. The van der Waals surface area contributed by atoms with Crippen LogP contribution in [0.15, 0.2) is 0 Å². The largest absolute Gasteiger partial charge is 0.660 e. The van der Waals surface area contributed by atoms with Crippen LogP contribution in [0.1, 0.15) is 0 Å². The van der Waals surface area contributed by atoms with Gasteiger partial charge in [-0.3, -0.25) is 4.90 Å². The van der Waals surface area contributed by atoms with E-state index in [0.29, 0.717) is 0 Å². The van der Waals surface area contributed by atoms with Crippen LogP contribution in [-0.2, 0) is 4.74 Å². The van der Waals surface area contributed by atoms with E-state index < -0.39 is 6.41 Å². The third kappa shape index (κ3) is 1.91. The highest BCUT2D eigenvalue weighted by Gasteiger charge is 2.12. The Bertz CT molecular complexity index is 93.7. The molecule has 1 saturated heterocycles. The summed E-state index contributed by atoms with van der Waals surface area (Å²) in [5, 5.41) is 13.3. The fourth-order valence-electron chi connectivity index (χ4n) is 0.992. The topological polar surface area (TPSA) is 46.8 Å². The number of nitrogens with zero attached hydrogens (tertiary/aromatic N) is 2. The van der Waals surface area contributed by atoms with Crippen molar-refractivity contribution in [1.29, 1.82) is 0 Å². The van der Waals surface area contributed by atoms with Crippen LogP contribution < -0.4 is 0 Å². The molecule has 4 heteroatoms. The molecule has 1 heterocycles. The average molecular weight is 145 g/mol. The molecule has 0 saturated carbocycles. The first-order valence-corrected chi connectivity index (χ1v) is 3.43. The van der Waals surface area contributed by atoms with Crippen LogP contribution in [0.5, 0.6) is 0 Å². The Morgan fingerprint density at radius 1 is 1.50 bits per heavy atom. The van der Waals surface area contributed by atoms with E-state index in [9.17, 15) is 0 Å². The smallest absolute Gasteiger partial charge is 0.215 e. The molecule has 0 radical (unpaired) electrons. The summed E-state index contributed by atoms with van der Waals surface area (Å²) in [5.74, 6) is 0. The molecule has 60 valence electrons. The van der Waals surface area contributed by atoms with Gasteiger partial charge in [-0.2, -0.15) is 0 Å². The Balaban J connectivity index is 2.24. The van der Waals surface area contributed by atoms with Gasteiger partial charge in [-0.15, -0.1) is 13.1 Å². The lowest BCUT2D eigenvalue weighted by Crippen LogP contribution is -2.42. The Labute approximate surface area is 60.8 Å². The first kappa shape index (κ1) is 7.94. The number of aliphatic hydroxyl groups excluding tert-OH is 1. The van der Waals surface area contributed by atoms with Crippen molar-refractivity contribution in [2.75, 3.05) is 33.3 Å². The summed E-state index contributed by atoms with van der Waals surface area (Å²) in [4.78, 5) is 1.85. The van der Waals surface area contributed by atoms with E-state index in [1.54, 1.807) is 0 Å². The third-order valence-corrected chi connectivity index (χ3v) is 1.61. The zero-order valence-corrected chi connectivity index (χ0v) is 6.16. The highest BCUT2D eigenvalue weighted by Crippen LogP contribution is 2.04. The van der Waals surface area contributed by atoms with Crippen LogP contribution in [0, 0.1) is 0 Å². The molecule has 1 N–H and O–H groups in total. The summed E-state index contributed by atoms with van der Waals surface area (Å²) < 4.78 is 4.73. The molecular weight excluding hydrogens is 132 g/mol. The zero-order chi connectivity index (χ0) is 7.40. The fraction of sp³-hybridized carbons (Fsp3) is 1.00. The number of hydrogen-bond acceptors (Lipinski definition) is 3. The minimum atomic E-state index is -0.740. The van der Waals surface area contributed by atoms with E-state index in [1.165, 1.54) is 7.11 Å². The molecule has 10 heavy (non-hydrogen) atoms. The van der Waals surface area contributed by atoms with Crippen LogP contribution in [0.2, 0.25) is 0 Å². The van der Waals surface area contributed by atoms with Crippen LogP contribution in [-0.4, -0.2) is 49.7 Å². The van der Waals surface area contributed by atoms with Crippen LogP contribution >= 0.6 is 0 Å². The number of methoxy groups -OCH3 is 1. The monoisotopic (exact) mass is 145 g/mol. The molecule has 1 aliphatic rings. The van der Waals surface area contributed by atoms with Crippen molar-refractivity contribution in [3.63, 3.8) is 0 Å². The van der Waals surface area contributed by atoms with Crippen molar-refractivity contribution in [3.05, 3.63) is 5.32 Å². The molecule has 4 nitrogen and oxygen atoms in total. The SMILES string of the molecule is COC(O)N1CC[N-]CC1. The highest BCUT2D eigenvalue weighted by atomic mass is 16.6. The number of aliphatic hydroxyl groups is 1. The van der Waals surface area contributed by atoms with Crippen molar-refractivity contribution < 1.29 is 9.84 Å². The minimum Gasteiger partial charge on any atom is -0.660 e. The van der Waals surface area contributed by atoms with Crippen molar-refractivity contribution in [2.45, 2.75) is 6.41 Å². The maximum Gasteiger partial charge on any atom is 0.215 e. The lowest BCUT2D eigenvalue weighted by molar-refractivity contribution is -0.175. The van der Waals surface area contributed by atoms with Crippen LogP contribution in [0.3, 0.4) is 0 Å². The number of ether oxygens (including phenoxy) is 1. The van der Waals surface area contributed by atoms with E-state index in [1.807, 2.05) is 4.90 Å². The van der Waals surface area contributed by atoms with Gasteiger partial charge < -0.3 is 15.2 Å². The number of rotatable bonds is 2. The molecule has 0 aromatic rings. The van der Waals surface area contributed by atoms with Gasteiger partial charge in [-0.1, -0.05) is 0 Å². The summed E-state index contributed by atoms with van der Waals surface area (Å²) in [5.41, 5.74) is 0. The van der Waals surface area contributed by atoms with Crippen molar-refractivity contribution >= 4 is 0 Å². The second-order valence-electron chi connectivity index (χ2n) is 2.27. The van der Waals surface area contributed by atoms with Crippen LogP contribution in [0.25, 0.3) is 5.32 Å². The van der Waals surface area contributed by atoms with Gasteiger partial charge in [-0.05, 0) is 13.1 Å². The molecule has 0 aliphatic carbocycles. The minimum absolute atomic E-state index is 0.740. The standard InChI is InChI=1S/C6H13N2O2/c1-10-6(9)8-4-2-7-3-5-8/h6,9H,2-5H2,1H3/q-1. The van der Waals surface area contributed by atoms with Gasteiger partial charge >= 0.3 is 0 Å². The Hall–Kier alpha value is -0.160. The molecule has 1 aliphatic heterocycles. The van der Waals surface area contributed by atoms with Gasteiger partial charge in [-0.25, -0.2) is 0 Å². The van der Waals surface area contributed by atoms with Crippen molar-refractivity contribution in [1.82, 2.24) is 4.90 Å². The average Bonchev–Trinajstić information content (AvgIpc) is 2.05. The van der Waals surface area contributed by atoms with E-state index in [4.69, 9.17) is 9.84 Å². The van der Waals surface area contributed by atoms with Crippen molar-refractivity contribution in [3.8, 4) is 0 Å². The first-order chi connectivity index (χ1) is 4.84. The van der Waals surface area contributed by atoms with Gasteiger partial charge in [0.1, 0.15) is 0 Å². The molecule has 0 aromatic carbocycles. The quantitative estimate of drug-likeness (QED) is 0.538. The van der Waals surface area contributed by atoms with Gasteiger partial charge in [0.25, 0.3) is 0 Å². The van der Waals surface area contributed by atoms with Gasteiger partial charge in [0.05, 0.1) is 0 Å². The van der Waals surface area contributed by atoms with E-state index in [-0.39, 0.29) is 0 Å². The Kier molecular flexibility index (Phi) is 3.08. The van der Waals surface area contributed by atoms with Gasteiger partial charge in [0, 0.05) is 7.11 Å². The first-order valence-electron chi connectivity index (χ1n) is 3.43. The van der Waals surface area contributed by atoms with Gasteiger partial charge in [0.15, 0.2) is 0 Å². The molecule has 0 amide bonds. The van der Waals surface area contributed by atoms with E-state index >= 15 is 0 Å². The van der Waals surface area contributed by atoms with E-state index in [0.717, 1.165) is 26.2 Å². The number of hydrogen-bond donors (Lipinski definition) is 1. The summed E-state index contributed by atoms with van der Waals surface area (Å²) in [6.07, 6.45) is -0.740. The third-order valence-electron chi connectivity index (χ3n) is 1.61. The summed E-state index contributed by atoms with van der Waals surface area (Å²) in [7, 11) is 1.50. The Morgan fingerprint density at radius 2 is 2.10 bits per heavy atom. The molecule has 1 rings (SSSR count). The van der Waals surface area contributed by atoms with Gasteiger partial charge in [0.2, 0.25) is 6.41 Å². The lowest BCUT2D eigenvalue weighted by Gasteiger charge is -2.37. The second-order valence-corrected chi connectivity index (χ2v) is 2.27. The normalized spacial score (nSPS) is 24.6. The van der Waals surface area contributed by atoms with Crippen molar-refractivity contribution in [2.24, 2.45) is 0 Å². The lowest BCUT2D eigenvalue weighted by atomic mass is 10.4. The molecular formula is C6H13N2O2-.